The fraction of sp³-hybridized carbons (Fsp3) is 0.714. The molecule has 0 saturated heterocycles. The molecule has 1 aromatic rings. The van der Waals surface area contributed by atoms with Crippen LogP contribution in [0.15, 0.2) is 6.20 Å². The van der Waals surface area contributed by atoms with Crippen molar-refractivity contribution in [3.8, 4) is 0 Å². The molecule has 0 aromatic carbocycles. The third kappa shape index (κ3) is 2.34. The molecular formula is C14H21N3. The van der Waals surface area contributed by atoms with Crippen molar-refractivity contribution in [1.82, 2.24) is 15.3 Å². The lowest BCUT2D eigenvalue weighted by Gasteiger charge is -2.26. The van der Waals surface area contributed by atoms with Gasteiger partial charge in [-0.1, -0.05) is 19.8 Å². The zero-order chi connectivity index (χ0) is 11.7. The Kier molecular flexibility index (Phi) is 3.10. The Balaban J connectivity index is 1.83. The van der Waals surface area contributed by atoms with E-state index in [4.69, 9.17) is 4.98 Å². The molecule has 1 aromatic heterocycles. The Hall–Kier alpha value is -0.960. The van der Waals surface area contributed by atoms with E-state index >= 15 is 0 Å². The number of hydrogen-bond acceptors (Lipinski definition) is 3. The number of nitrogens with one attached hydrogen (secondary N) is 1. The molecule has 2 atom stereocenters. The van der Waals surface area contributed by atoms with Crippen molar-refractivity contribution in [2.24, 2.45) is 5.92 Å². The first-order chi connectivity index (χ1) is 8.33. The standard InChI is InChI=1S/C14H21N3/c1-10-3-2-4-11(7-10)14-16-9-12-8-15-6-5-13(12)17-14/h9-11,15H,2-8H2,1H3. The van der Waals surface area contributed by atoms with E-state index in [1.54, 1.807) is 0 Å². The molecule has 1 N–H and O–H groups in total. The van der Waals surface area contributed by atoms with Crippen LogP contribution in [0.5, 0.6) is 0 Å². The Morgan fingerprint density at radius 3 is 3.18 bits per heavy atom. The average Bonchev–Trinajstić information content (AvgIpc) is 2.38. The first kappa shape index (κ1) is 11.1. The fourth-order valence-corrected chi connectivity index (χ4v) is 3.12. The molecule has 1 aliphatic carbocycles. The highest BCUT2D eigenvalue weighted by Crippen LogP contribution is 2.34. The SMILES string of the molecule is CC1CCCC(c2ncc3c(n2)CCNC3)C1. The van der Waals surface area contributed by atoms with E-state index in [0.717, 1.165) is 31.3 Å². The largest absolute Gasteiger partial charge is 0.312 e. The summed E-state index contributed by atoms with van der Waals surface area (Å²) in [6.45, 7) is 4.36. The van der Waals surface area contributed by atoms with Gasteiger partial charge in [-0.05, 0) is 18.8 Å². The number of aromatic nitrogens is 2. The van der Waals surface area contributed by atoms with Gasteiger partial charge in [-0.25, -0.2) is 9.97 Å². The van der Waals surface area contributed by atoms with Gasteiger partial charge in [-0.15, -0.1) is 0 Å². The topological polar surface area (TPSA) is 37.8 Å². The molecule has 1 saturated carbocycles. The van der Waals surface area contributed by atoms with Crippen LogP contribution in [-0.2, 0) is 13.0 Å². The van der Waals surface area contributed by atoms with Crippen LogP contribution in [0.1, 0.15) is 55.6 Å². The van der Waals surface area contributed by atoms with Crippen molar-refractivity contribution in [1.29, 1.82) is 0 Å². The van der Waals surface area contributed by atoms with Gasteiger partial charge in [0.2, 0.25) is 0 Å². The second-order valence-electron chi connectivity index (χ2n) is 5.60. The highest BCUT2D eigenvalue weighted by molar-refractivity contribution is 5.21. The lowest BCUT2D eigenvalue weighted by Crippen LogP contribution is -2.26. The molecular weight excluding hydrogens is 210 g/mol. The smallest absolute Gasteiger partial charge is 0.131 e. The zero-order valence-corrected chi connectivity index (χ0v) is 10.6. The highest BCUT2D eigenvalue weighted by atomic mass is 14.9. The van der Waals surface area contributed by atoms with E-state index in [9.17, 15) is 0 Å². The van der Waals surface area contributed by atoms with Crippen molar-refractivity contribution in [2.45, 2.75) is 51.5 Å². The third-order valence-electron chi connectivity index (χ3n) is 4.13. The maximum absolute atomic E-state index is 4.82. The Labute approximate surface area is 103 Å². The van der Waals surface area contributed by atoms with E-state index < -0.39 is 0 Å². The summed E-state index contributed by atoms with van der Waals surface area (Å²) in [5.41, 5.74) is 2.58. The molecule has 2 aliphatic rings. The van der Waals surface area contributed by atoms with Crippen molar-refractivity contribution in [2.75, 3.05) is 6.54 Å². The van der Waals surface area contributed by atoms with E-state index in [1.807, 2.05) is 6.20 Å². The molecule has 1 aliphatic heterocycles. The van der Waals surface area contributed by atoms with Gasteiger partial charge in [-0.3, -0.25) is 0 Å². The molecule has 17 heavy (non-hydrogen) atoms. The fourth-order valence-electron chi connectivity index (χ4n) is 3.12. The van der Waals surface area contributed by atoms with Crippen LogP contribution in [0, 0.1) is 5.92 Å². The van der Waals surface area contributed by atoms with Crippen molar-refractivity contribution < 1.29 is 0 Å². The molecule has 3 rings (SSSR count). The number of fused-ring (bicyclic) bond motifs is 1. The summed E-state index contributed by atoms with van der Waals surface area (Å²) in [5, 5.41) is 3.37. The van der Waals surface area contributed by atoms with E-state index in [-0.39, 0.29) is 0 Å². The lowest BCUT2D eigenvalue weighted by atomic mass is 9.82. The van der Waals surface area contributed by atoms with Crippen LogP contribution in [0.25, 0.3) is 0 Å². The quantitative estimate of drug-likeness (QED) is 0.806. The van der Waals surface area contributed by atoms with Gasteiger partial charge < -0.3 is 5.32 Å². The minimum atomic E-state index is 0.610. The maximum Gasteiger partial charge on any atom is 0.131 e. The van der Waals surface area contributed by atoms with Crippen molar-refractivity contribution in [3.63, 3.8) is 0 Å². The first-order valence-corrected chi connectivity index (χ1v) is 6.88. The van der Waals surface area contributed by atoms with Crippen LogP contribution in [0.4, 0.5) is 0 Å². The first-order valence-electron chi connectivity index (χ1n) is 6.88. The maximum atomic E-state index is 4.82. The Bertz CT molecular complexity index is 402. The van der Waals surface area contributed by atoms with Gasteiger partial charge in [0.25, 0.3) is 0 Å². The monoisotopic (exact) mass is 231 g/mol. The summed E-state index contributed by atoms with van der Waals surface area (Å²) in [4.78, 5) is 9.42. The molecule has 0 radical (unpaired) electrons. The number of rotatable bonds is 1. The van der Waals surface area contributed by atoms with Gasteiger partial charge in [-0.2, -0.15) is 0 Å². The summed E-state index contributed by atoms with van der Waals surface area (Å²) in [5.74, 6) is 2.56. The minimum absolute atomic E-state index is 0.610. The van der Waals surface area contributed by atoms with Gasteiger partial charge in [0.05, 0.1) is 0 Å². The van der Waals surface area contributed by atoms with E-state index in [1.165, 1.54) is 36.9 Å². The molecule has 1 fully saturated rings. The van der Waals surface area contributed by atoms with Gasteiger partial charge in [0.15, 0.2) is 0 Å². The van der Waals surface area contributed by atoms with Crippen molar-refractivity contribution >= 4 is 0 Å². The molecule has 0 amide bonds. The van der Waals surface area contributed by atoms with Gasteiger partial charge in [0, 0.05) is 42.9 Å². The molecule has 2 unspecified atom stereocenters. The summed E-state index contributed by atoms with van der Waals surface area (Å²) in [6, 6.07) is 0. The minimum Gasteiger partial charge on any atom is -0.312 e. The highest BCUT2D eigenvalue weighted by Gasteiger charge is 2.23. The summed E-state index contributed by atoms with van der Waals surface area (Å²) >= 11 is 0. The Morgan fingerprint density at radius 1 is 1.35 bits per heavy atom. The molecule has 2 heterocycles. The van der Waals surface area contributed by atoms with E-state index in [2.05, 4.69) is 17.2 Å². The normalized spacial score (nSPS) is 28.8. The number of nitrogens with zero attached hydrogens (tertiary/aromatic N) is 2. The van der Waals surface area contributed by atoms with Crippen LogP contribution < -0.4 is 5.32 Å². The van der Waals surface area contributed by atoms with Crippen LogP contribution in [0.3, 0.4) is 0 Å². The predicted molar refractivity (Wildman–Crippen MR) is 67.8 cm³/mol. The third-order valence-corrected chi connectivity index (χ3v) is 4.13. The Morgan fingerprint density at radius 2 is 2.29 bits per heavy atom. The molecule has 0 bridgehead atoms. The van der Waals surface area contributed by atoms with Gasteiger partial charge in [0.1, 0.15) is 5.82 Å². The molecule has 92 valence electrons. The second kappa shape index (κ2) is 4.73. The summed E-state index contributed by atoms with van der Waals surface area (Å²) < 4.78 is 0. The summed E-state index contributed by atoms with van der Waals surface area (Å²) in [6.07, 6.45) is 8.38. The van der Waals surface area contributed by atoms with Crippen LogP contribution >= 0.6 is 0 Å². The van der Waals surface area contributed by atoms with Crippen LogP contribution in [-0.4, -0.2) is 16.5 Å². The molecule has 3 nitrogen and oxygen atoms in total. The predicted octanol–water partition coefficient (Wildman–Crippen LogP) is 2.42. The zero-order valence-electron chi connectivity index (χ0n) is 10.6. The summed E-state index contributed by atoms with van der Waals surface area (Å²) in [7, 11) is 0. The van der Waals surface area contributed by atoms with Gasteiger partial charge >= 0.3 is 0 Å². The van der Waals surface area contributed by atoms with Crippen molar-refractivity contribution in [3.05, 3.63) is 23.3 Å². The lowest BCUT2D eigenvalue weighted by molar-refractivity contribution is 0.334. The van der Waals surface area contributed by atoms with E-state index in [0.29, 0.717) is 5.92 Å². The van der Waals surface area contributed by atoms with Crippen LogP contribution in [0.2, 0.25) is 0 Å². The average molecular weight is 231 g/mol. The number of hydrogen-bond donors (Lipinski definition) is 1. The second-order valence-corrected chi connectivity index (χ2v) is 5.60. The molecule has 0 spiro atoms. The molecule has 3 heteroatoms.